The van der Waals surface area contributed by atoms with Gasteiger partial charge in [0.25, 0.3) is 0 Å². The maximum atomic E-state index is 12.3. The summed E-state index contributed by atoms with van der Waals surface area (Å²) in [6.07, 6.45) is 2.21. The number of nitrogens with one attached hydrogen (secondary N) is 1. The summed E-state index contributed by atoms with van der Waals surface area (Å²) in [6, 6.07) is 0. The number of rotatable bonds is 6. The Labute approximate surface area is 122 Å². The molecule has 2 unspecified atom stereocenters. The van der Waals surface area contributed by atoms with Crippen LogP contribution in [0.3, 0.4) is 0 Å². The van der Waals surface area contributed by atoms with E-state index < -0.39 is 5.41 Å². The molecule has 116 valence electrons. The first-order valence-electron chi connectivity index (χ1n) is 7.52. The zero-order valence-corrected chi connectivity index (χ0v) is 13.2. The van der Waals surface area contributed by atoms with Gasteiger partial charge in [0.1, 0.15) is 0 Å². The SMILES string of the molecule is CNC(=O)C1(C)CCN(C(=O)CC(CN)CC(C)C)C1. The van der Waals surface area contributed by atoms with E-state index in [1.54, 1.807) is 7.05 Å². The van der Waals surface area contributed by atoms with E-state index in [1.807, 2.05) is 11.8 Å². The summed E-state index contributed by atoms with van der Waals surface area (Å²) in [7, 11) is 1.64. The average molecular weight is 283 g/mol. The zero-order chi connectivity index (χ0) is 15.3. The van der Waals surface area contributed by atoms with Crippen molar-refractivity contribution < 1.29 is 9.59 Å². The first-order chi connectivity index (χ1) is 9.32. The Bertz CT molecular complexity index is 357. The van der Waals surface area contributed by atoms with E-state index in [-0.39, 0.29) is 17.7 Å². The van der Waals surface area contributed by atoms with Gasteiger partial charge in [-0.2, -0.15) is 0 Å². The molecular weight excluding hydrogens is 254 g/mol. The van der Waals surface area contributed by atoms with E-state index >= 15 is 0 Å². The lowest BCUT2D eigenvalue weighted by Gasteiger charge is -2.24. The first kappa shape index (κ1) is 17.0. The van der Waals surface area contributed by atoms with Crippen LogP contribution in [0.25, 0.3) is 0 Å². The lowest BCUT2D eigenvalue weighted by atomic mass is 9.89. The molecule has 1 aliphatic heterocycles. The van der Waals surface area contributed by atoms with Gasteiger partial charge in [-0.15, -0.1) is 0 Å². The van der Waals surface area contributed by atoms with Gasteiger partial charge in [0.2, 0.25) is 11.8 Å². The molecule has 1 heterocycles. The molecule has 0 radical (unpaired) electrons. The van der Waals surface area contributed by atoms with E-state index in [1.165, 1.54) is 0 Å². The van der Waals surface area contributed by atoms with Crippen LogP contribution in [0.4, 0.5) is 0 Å². The van der Waals surface area contributed by atoms with Crippen molar-refractivity contribution in [1.82, 2.24) is 10.2 Å². The van der Waals surface area contributed by atoms with Crippen molar-refractivity contribution in [2.24, 2.45) is 23.0 Å². The summed E-state index contributed by atoms with van der Waals surface area (Å²) < 4.78 is 0. The predicted molar refractivity (Wildman–Crippen MR) is 80.0 cm³/mol. The number of hydrogen-bond donors (Lipinski definition) is 2. The standard InChI is InChI=1S/C15H29N3O2/c1-11(2)7-12(9-16)8-13(19)18-6-5-15(3,10-18)14(20)17-4/h11-12H,5-10,16H2,1-4H3,(H,17,20). The third-order valence-corrected chi connectivity index (χ3v) is 4.20. The second-order valence-corrected chi connectivity index (χ2v) is 6.64. The van der Waals surface area contributed by atoms with Crippen molar-refractivity contribution in [3.63, 3.8) is 0 Å². The minimum atomic E-state index is -0.444. The summed E-state index contributed by atoms with van der Waals surface area (Å²) in [5, 5.41) is 2.69. The van der Waals surface area contributed by atoms with Gasteiger partial charge in [0.15, 0.2) is 0 Å². The number of likely N-dealkylation sites (tertiary alicyclic amines) is 1. The topological polar surface area (TPSA) is 75.4 Å². The molecule has 0 aromatic rings. The van der Waals surface area contributed by atoms with E-state index in [4.69, 9.17) is 5.73 Å². The number of nitrogens with two attached hydrogens (primary N) is 1. The average Bonchev–Trinajstić information content (AvgIpc) is 2.80. The predicted octanol–water partition coefficient (Wildman–Crippen LogP) is 0.982. The summed E-state index contributed by atoms with van der Waals surface area (Å²) in [4.78, 5) is 26.0. The molecule has 5 heteroatoms. The highest BCUT2D eigenvalue weighted by atomic mass is 16.2. The van der Waals surface area contributed by atoms with Gasteiger partial charge in [-0.25, -0.2) is 0 Å². The highest BCUT2D eigenvalue weighted by Crippen LogP contribution is 2.31. The van der Waals surface area contributed by atoms with Crippen LogP contribution in [-0.4, -0.2) is 43.4 Å². The number of hydrogen-bond acceptors (Lipinski definition) is 3. The highest BCUT2D eigenvalue weighted by Gasteiger charge is 2.41. The Hall–Kier alpha value is -1.10. The molecule has 1 aliphatic rings. The second-order valence-electron chi connectivity index (χ2n) is 6.64. The Morgan fingerprint density at radius 2 is 2.05 bits per heavy atom. The minimum absolute atomic E-state index is 0.0188. The molecule has 0 aromatic carbocycles. The third-order valence-electron chi connectivity index (χ3n) is 4.20. The smallest absolute Gasteiger partial charge is 0.227 e. The molecule has 0 bridgehead atoms. The van der Waals surface area contributed by atoms with Crippen molar-refractivity contribution in [2.45, 2.75) is 40.0 Å². The van der Waals surface area contributed by atoms with Crippen molar-refractivity contribution in [3.8, 4) is 0 Å². The summed E-state index contributed by atoms with van der Waals surface area (Å²) in [6.45, 7) is 7.95. The van der Waals surface area contributed by atoms with Crippen LogP contribution in [0.15, 0.2) is 0 Å². The fourth-order valence-electron chi connectivity index (χ4n) is 2.97. The number of amides is 2. The van der Waals surface area contributed by atoms with E-state index in [9.17, 15) is 9.59 Å². The first-order valence-corrected chi connectivity index (χ1v) is 7.52. The minimum Gasteiger partial charge on any atom is -0.359 e. The maximum Gasteiger partial charge on any atom is 0.227 e. The lowest BCUT2D eigenvalue weighted by molar-refractivity contribution is -0.133. The summed E-state index contributed by atoms with van der Waals surface area (Å²) >= 11 is 0. The molecule has 0 spiro atoms. The van der Waals surface area contributed by atoms with Crippen LogP contribution in [0.5, 0.6) is 0 Å². The second kappa shape index (κ2) is 7.07. The monoisotopic (exact) mass is 283 g/mol. The Morgan fingerprint density at radius 3 is 2.55 bits per heavy atom. The van der Waals surface area contributed by atoms with Gasteiger partial charge in [-0.3, -0.25) is 9.59 Å². The van der Waals surface area contributed by atoms with Crippen molar-refractivity contribution in [3.05, 3.63) is 0 Å². The molecule has 2 amide bonds. The molecule has 0 saturated carbocycles. The van der Waals surface area contributed by atoms with Gasteiger partial charge in [-0.1, -0.05) is 13.8 Å². The van der Waals surface area contributed by atoms with E-state index in [0.717, 1.165) is 12.8 Å². The van der Waals surface area contributed by atoms with Crippen LogP contribution >= 0.6 is 0 Å². The number of carbonyl (C=O) groups excluding carboxylic acids is 2. The van der Waals surface area contributed by atoms with Gasteiger partial charge in [0.05, 0.1) is 5.41 Å². The fraction of sp³-hybridized carbons (Fsp3) is 0.867. The van der Waals surface area contributed by atoms with Crippen LogP contribution in [0.2, 0.25) is 0 Å². The molecule has 3 N–H and O–H groups in total. The largest absolute Gasteiger partial charge is 0.359 e. The van der Waals surface area contributed by atoms with Gasteiger partial charge in [0, 0.05) is 26.6 Å². The Balaban J connectivity index is 2.55. The van der Waals surface area contributed by atoms with Crippen molar-refractivity contribution >= 4 is 11.8 Å². The molecule has 0 aromatic heterocycles. The van der Waals surface area contributed by atoms with E-state index in [0.29, 0.717) is 32.0 Å². The number of carbonyl (C=O) groups is 2. The lowest BCUT2D eigenvalue weighted by Crippen LogP contribution is -2.40. The summed E-state index contributed by atoms with van der Waals surface area (Å²) in [5.74, 6) is 0.944. The summed E-state index contributed by atoms with van der Waals surface area (Å²) in [5.41, 5.74) is 5.31. The van der Waals surface area contributed by atoms with Gasteiger partial charge >= 0.3 is 0 Å². The van der Waals surface area contributed by atoms with E-state index in [2.05, 4.69) is 19.2 Å². The molecule has 5 nitrogen and oxygen atoms in total. The number of nitrogens with zero attached hydrogens (tertiary/aromatic N) is 1. The molecule has 20 heavy (non-hydrogen) atoms. The molecule has 1 fully saturated rings. The molecule has 2 atom stereocenters. The van der Waals surface area contributed by atoms with Crippen molar-refractivity contribution in [1.29, 1.82) is 0 Å². The Morgan fingerprint density at radius 1 is 1.40 bits per heavy atom. The van der Waals surface area contributed by atoms with Gasteiger partial charge < -0.3 is 16.0 Å². The van der Waals surface area contributed by atoms with Crippen LogP contribution in [-0.2, 0) is 9.59 Å². The van der Waals surface area contributed by atoms with Gasteiger partial charge in [-0.05, 0) is 38.1 Å². The zero-order valence-electron chi connectivity index (χ0n) is 13.2. The maximum absolute atomic E-state index is 12.3. The van der Waals surface area contributed by atoms with Crippen LogP contribution in [0.1, 0.15) is 40.0 Å². The molecule has 0 aliphatic carbocycles. The molecule has 1 rings (SSSR count). The Kier molecular flexibility index (Phi) is 5.99. The highest BCUT2D eigenvalue weighted by molar-refractivity contribution is 5.84. The molecule has 1 saturated heterocycles. The van der Waals surface area contributed by atoms with Crippen LogP contribution in [0, 0.1) is 17.3 Å². The fourth-order valence-corrected chi connectivity index (χ4v) is 2.97. The van der Waals surface area contributed by atoms with Crippen LogP contribution < -0.4 is 11.1 Å². The third kappa shape index (κ3) is 4.20. The quantitative estimate of drug-likeness (QED) is 0.763. The molecular formula is C15H29N3O2. The normalized spacial score (nSPS) is 24.0. The van der Waals surface area contributed by atoms with Crippen molar-refractivity contribution in [2.75, 3.05) is 26.7 Å².